The summed E-state index contributed by atoms with van der Waals surface area (Å²) in [6.07, 6.45) is 0.138. The van der Waals surface area contributed by atoms with Crippen LogP contribution in [0.1, 0.15) is 12.0 Å². The van der Waals surface area contributed by atoms with Crippen LogP contribution in [0, 0.1) is 29.1 Å². The summed E-state index contributed by atoms with van der Waals surface area (Å²) in [7, 11) is -0.788. The zero-order chi connectivity index (χ0) is 12.3. The minimum absolute atomic E-state index is 0.189. The largest absolute Gasteiger partial charge is 0.203 e. The van der Waals surface area contributed by atoms with Crippen molar-refractivity contribution in [1.29, 1.82) is 0 Å². The summed E-state index contributed by atoms with van der Waals surface area (Å²) >= 11 is 5.48. The lowest BCUT2D eigenvalue weighted by molar-refractivity contribution is 0.369. The Balaban J connectivity index is 3.08. The second-order valence-electron chi connectivity index (χ2n) is 3.19. The van der Waals surface area contributed by atoms with Gasteiger partial charge in [0.25, 0.3) is 0 Å². The van der Waals surface area contributed by atoms with Gasteiger partial charge in [0, 0.05) is 5.56 Å². The van der Waals surface area contributed by atoms with Gasteiger partial charge in [-0.05, 0) is 12.5 Å². The highest BCUT2D eigenvalue weighted by molar-refractivity contribution is 6.93. The van der Waals surface area contributed by atoms with Crippen LogP contribution in [0.25, 0.3) is 0 Å². The van der Waals surface area contributed by atoms with Gasteiger partial charge in [0.1, 0.15) is 8.83 Å². The average Bonchev–Trinajstić information content (AvgIpc) is 2.28. The molecule has 0 heterocycles. The fourth-order valence-electron chi connectivity index (χ4n) is 1.27. The molecule has 0 aliphatic carbocycles. The van der Waals surface area contributed by atoms with E-state index in [1.807, 2.05) is 0 Å². The summed E-state index contributed by atoms with van der Waals surface area (Å²) in [5, 5.41) is 0. The zero-order valence-corrected chi connectivity index (χ0v) is 10.3. The summed E-state index contributed by atoms with van der Waals surface area (Å²) in [6, 6.07) is 0.584. The molecule has 0 saturated carbocycles. The Labute approximate surface area is 95.9 Å². The van der Waals surface area contributed by atoms with E-state index in [-0.39, 0.29) is 6.42 Å². The first kappa shape index (κ1) is 13.4. The summed E-state index contributed by atoms with van der Waals surface area (Å²) in [4.78, 5) is 0. The fourth-order valence-corrected chi connectivity index (χ4v) is 2.27. The molecule has 0 bridgehead atoms. The summed E-state index contributed by atoms with van der Waals surface area (Å²) in [5.41, 5.74) is -0.754. The Morgan fingerprint density at radius 2 is 1.25 bits per heavy atom. The van der Waals surface area contributed by atoms with Crippen LogP contribution < -0.4 is 0 Å². The molecule has 0 N–H and O–H groups in total. The molecule has 0 aliphatic rings. The van der Waals surface area contributed by atoms with Gasteiger partial charge >= 0.3 is 0 Å². The lowest BCUT2D eigenvalue weighted by atomic mass is 10.1. The minimum Gasteiger partial charge on any atom is -0.203 e. The molecule has 1 aromatic carbocycles. The van der Waals surface area contributed by atoms with Crippen molar-refractivity contribution in [3.05, 3.63) is 34.6 Å². The van der Waals surface area contributed by atoms with E-state index in [2.05, 4.69) is 0 Å². The second kappa shape index (κ2) is 5.63. The molecule has 0 saturated heterocycles. The topological polar surface area (TPSA) is 0 Å². The molecule has 0 fully saturated rings. The highest BCUT2D eigenvalue weighted by Gasteiger charge is 2.24. The molecular formula is C9H8ClF5Si. The molecule has 0 nitrogen and oxygen atoms in total. The van der Waals surface area contributed by atoms with Gasteiger partial charge in [-0.2, -0.15) is 11.1 Å². The summed E-state index contributed by atoms with van der Waals surface area (Å²) < 4.78 is 64.3. The lowest BCUT2D eigenvalue weighted by Gasteiger charge is -2.07. The molecule has 0 atom stereocenters. The lowest BCUT2D eigenvalue weighted by Crippen LogP contribution is -2.07. The van der Waals surface area contributed by atoms with Crippen LogP contribution in [-0.4, -0.2) is 8.83 Å². The van der Waals surface area contributed by atoms with Crippen molar-refractivity contribution < 1.29 is 22.0 Å². The smallest absolute Gasteiger partial charge is 0.200 e. The molecule has 0 unspecified atom stereocenters. The summed E-state index contributed by atoms with van der Waals surface area (Å²) in [5.74, 6) is -9.39. The predicted octanol–water partition coefficient (Wildman–Crippen LogP) is 3.06. The molecule has 1 rings (SSSR count). The van der Waals surface area contributed by atoms with E-state index in [0.717, 1.165) is 0 Å². The Kier molecular flexibility index (Phi) is 4.73. The highest BCUT2D eigenvalue weighted by Crippen LogP contribution is 2.24. The first-order chi connectivity index (χ1) is 7.50. The number of benzene rings is 1. The molecule has 90 valence electrons. The first-order valence-electron chi connectivity index (χ1n) is 4.57. The van der Waals surface area contributed by atoms with Crippen molar-refractivity contribution in [3.8, 4) is 0 Å². The standard InChI is InChI=1S/C9H8ClF5Si/c10-16-3-1-2-4-5(11)7(13)9(15)8(14)6(4)12/h1-3,16H2. The van der Waals surface area contributed by atoms with E-state index >= 15 is 0 Å². The normalized spacial score (nSPS) is 11.6. The molecule has 0 aromatic heterocycles. The third-order valence-corrected chi connectivity index (χ3v) is 3.68. The van der Waals surface area contributed by atoms with Crippen LogP contribution in [-0.2, 0) is 6.42 Å². The van der Waals surface area contributed by atoms with E-state index in [1.165, 1.54) is 0 Å². The maximum absolute atomic E-state index is 13.1. The Bertz CT molecular complexity index is 367. The van der Waals surface area contributed by atoms with Gasteiger partial charge in [-0.3, -0.25) is 0 Å². The van der Waals surface area contributed by atoms with E-state index in [0.29, 0.717) is 12.5 Å². The van der Waals surface area contributed by atoms with Gasteiger partial charge < -0.3 is 0 Å². The third-order valence-electron chi connectivity index (χ3n) is 2.11. The van der Waals surface area contributed by atoms with Crippen LogP contribution in [0.3, 0.4) is 0 Å². The van der Waals surface area contributed by atoms with Gasteiger partial charge in [-0.25, -0.2) is 22.0 Å². The Hall–Kier alpha value is -0.623. The minimum atomic E-state index is -2.12. The first-order valence-corrected chi connectivity index (χ1v) is 7.70. The molecule has 0 aliphatic heterocycles. The monoisotopic (exact) mass is 274 g/mol. The third kappa shape index (κ3) is 2.54. The zero-order valence-electron chi connectivity index (χ0n) is 8.10. The van der Waals surface area contributed by atoms with Gasteiger partial charge in [-0.15, -0.1) is 0 Å². The van der Waals surface area contributed by atoms with Gasteiger partial charge in [0.15, 0.2) is 23.3 Å². The number of rotatable bonds is 4. The van der Waals surface area contributed by atoms with Gasteiger partial charge in [-0.1, -0.05) is 6.42 Å². The van der Waals surface area contributed by atoms with Crippen molar-refractivity contribution in [2.24, 2.45) is 0 Å². The van der Waals surface area contributed by atoms with E-state index in [4.69, 9.17) is 11.1 Å². The maximum Gasteiger partial charge on any atom is 0.200 e. The van der Waals surface area contributed by atoms with Crippen LogP contribution in [0.2, 0.25) is 6.04 Å². The van der Waals surface area contributed by atoms with E-state index < -0.39 is 43.5 Å². The van der Waals surface area contributed by atoms with Crippen LogP contribution in [0.4, 0.5) is 22.0 Å². The fraction of sp³-hybridized carbons (Fsp3) is 0.333. The molecule has 7 heteroatoms. The van der Waals surface area contributed by atoms with Gasteiger partial charge in [0.05, 0.1) is 0 Å². The predicted molar refractivity (Wildman–Crippen MR) is 53.8 cm³/mol. The summed E-state index contributed by atoms with van der Waals surface area (Å²) in [6.45, 7) is 0. The molecule has 0 amide bonds. The highest BCUT2D eigenvalue weighted by atomic mass is 35.6. The molecule has 0 spiro atoms. The average molecular weight is 275 g/mol. The molecule has 1 aromatic rings. The van der Waals surface area contributed by atoms with E-state index in [1.54, 1.807) is 0 Å². The number of halogens is 6. The van der Waals surface area contributed by atoms with Crippen molar-refractivity contribution in [3.63, 3.8) is 0 Å². The van der Waals surface area contributed by atoms with Gasteiger partial charge in [0.2, 0.25) is 5.82 Å². The van der Waals surface area contributed by atoms with Crippen LogP contribution in [0.5, 0.6) is 0 Å². The molecular weight excluding hydrogens is 267 g/mol. The Morgan fingerprint density at radius 3 is 1.69 bits per heavy atom. The van der Waals surface area contributed by atoms with Crippen molar-refractivity contribution in [2.75, 3.05) is 0 Å². The SMILES string of the molecule is Fc1c(F)c(F)c(CCC[SiH2]Cl)c(F)c1F. The molecule has 16 heavy (non-hydrogen) atoms. The number of hydrogen-bond donors (Lipinski definition) is 0. The van der Waals surface area contributed by atoms with Crippen LogP contribution >= 0.6 is 11.1 Å². The Morgan fingerprint density at radius 1 is 0.812 bits per heavy atom. The van der Waals surface area contributed by atoms with Crippen molar-refractivity contribution >= 4 is 19.9 Å². The van der Waals surface area contributed by atoms with Crippen molar-refractivity contribution in [2.45, 2.75) is 18.9 Å². The number of hydrogen-bond acceptors (Lipinski definition) is 0. The maximum atomic E-state index is 13.1. The quantitative estimate of drug-likeness (QED) is 0.198. The second-order valence-corrected chi connectivity index (χ2v) is 5.41. The van der Waals surface area contributed by atoms with Crippen LogP contribution in [0.15, 0.2) is 0 Å². The van der Waals surface area contributed by atoms with E-state index in [9.17, 15) is 22.0 Å². The molecule has 0 radical (unpaired) electrons. The van der Waals surface area contributed by atoms with Crippen molar-refractivity contribution in [1.82, 2.24) is 0 Å².